The van der Waals surface area contributed by atoms with Crippen molar-refractivity contribution in [2.24, 2.45) is 5.92 Å². The number of nitrogens with zero attached hydrogens (tertiary/aromatic N) is 2. The van der Waals surface area contributed by atoms with E-state index in [2.05, 4.69) is 30.9 Å². The average molecular weight is 411 g/mol. The van der Waals surface area contributed by atoms with E-state index in [1.807, 2.05) is 4.31 Å². The van der Waals surface area contributed by atoms with E-state index in [1.54, 1.807) is 0 Å². The van der Waals surface area contributed by atoms with Crippen LogP contribution < -0.4 is 0 Å². The summed E-state index contributed by atoms with van der Waals surface area (Å²) in [4.78, 5) is 2.62. The lowest BCUT2D eigenvalue weighted by molar-refractivity contribution is 0.0220. The molecule has 150 valence electrons. The van der Waals surface area contributed by atoms with Crippen LogP contribution in [0.3, 0.4) is 0 Å². The van der Waals surface area contributed by atoms with Gasteiger partial charge in [-0.2, -0.15) is 4.31 Å². The van der Waals surface area contributed by atoms with Gasteiger partial charge < -0.3 is 0 Å². The Labute approximate surface area is 168 Å². The van der Waals surface area contributed by atoms with Crippen molar-refractivity contribution in [1.29, 1.82) is 0 Å². The normalized spacial score (nSPS) is 29.1. The fourth-order valence-electron chi connectivity index (χ4n) is 5.39. The quantitative estimate of drug-likeness (QED) is 0.711. The molecule has 0 radical (unpaired) electrons. The zero-order valence-electron chi connectivity index (χ0n) is 16.5. The van der Waals surface area contributed by atoms with Gasteiger partial charge >= 0.3 is 0 Å². The summed E-state index contributed by atoms with van der Waals surface area (Å²) in [6, 6.07) is 5.21. The molecule has 4 nitrogen and oxygen atoms in total. The summed E-state index contributed by atoms with van der Waals surface area (Å²) in [5.41, 5.74) is 5.60. The lowest BCUT2D eigenvalue weighted by atomic mass is 9.77. The average Bonchev–Trinajstić information content (AvgIpc) is 2.65. The number of rotatable bonds is 4. The van der Waals surface area contributed by atoms with Crippen molar-refractivity contribution >= 4 is 21.6 Å². The molecule has 6 heteroatoms. The number of hydrogen-bond donors (Lipinski definition) is 0. The van der Waals surface area contributed by atoms with Crippen LogP contribution in [-0.2, 0) is 16.4 Å². The molecule has 1 aromatic carbocycles. The highest BCUT2D eigenvalue weighted by molar-refractivity contribution is 7.89. The molecule has 0 aliphatic carbocycles. The highest BCUT2D eigenvalue weighted by Crippen LogP contribution is 2.44. The summed E-state index contributed by atoms with van der Waals surface area (Å²) in [7, 11) is -3.22. The molecule has 2 saturated heterocycles. The minimum atomic E-state index is -3.22. The smallest absolute Gasteiger partial charge is 0.214 e. The molecule has 0 spiro atoms. The molecule has 0 unspecified atom stereocenters. The first-order valence-corrected chi connectivity index (χ1v) is 12.4. The second-order valence-electron chi connectivity index (χ2n) is 8.57. The van der Waals surface area contributed by atoms with E-state index in [4.69, 9.17) is 11.6 Å². The van der Waals surface area contributed by atoms with Gasteiger partial charge in [0.2, 0.25) is 10.0 Å². The molecule has 3 heterocycles. The summed E-state index contributed by atoms with van der Waals surface area (Å²) in [6.07, 6.45) is 4.71. The molecule has 0 aromatic heterocycles. The maximum absolute atomic E-state index is 13.0. The van der Waals surface area contributed by atoms with E-state index in [-0.39, 0.29) is 11.8 Å². The zero-order chi connectivity index (χ0) is 19.2. The van der Waals surface area contributed by atoms with Gasteiger partial charge in [0.25, 0.3) is 0 Å². The molecule has 2 fully saturated rings. The third kappa shape index (κ3) is 3.68. The molecule has 0 N–H and O–H groups in total. The first-order chi connectivity index (χ1) is 12.9. The molecule has 27 heavy (non-hydrogen) atoms. The molecule has 3 aliphatic rings. The summed E-state index contributed by atoms with van der Waals surface area (Å²) in [5.74, 6) is 1.06. The van der Waals surface area contributed by atoms with Gasteiger partial charge in [-0.05, 0) is 74.1 Å². The van der Waals surface area contributed by atoms with Crippen molar-refractivity contribution in [3.63, 3.8) is 0 Å². The highest BCUT2D eigenvalue weighted by atomic mass is 35.5. The molecule has 3 aliphatic heterocycles. The fraction of sp³-hybridized carbons (Fsp3) is 0.714. The van der Waals surface area contributed by atoms with Gasteiger partial charge in [0.15, 0.2) is 0 Å². The van der Waals surface area contributed by atoms with E-state index in [0.29, 0.717) is 30.8 Å². The Morgan fingerprint density at radius 2 is 1.96 bits per heavy atom. The Kier molecular flexibility index (Phi) is 5.58. The van der Waals surface area contributed by atoms with Crippen molar-refractivity contribution in [3.8, 4) is 0 Å². The summed E-state index contributed by atoms with van der Waals surface area (Å²) in [6.45, 7) is 7.18. The van der Waals surface area contributed by atoms with E-state index >= 15 is 0 Å². The predicted octanol–water partition coefficient (Wildman–Crippen LogP) is 3.65. The SMILES string of the molecule is Cc1cc2c(cc1C)[C@@H]1C[C@H]3[C@H](CCCN3S(=O)(=O)CCCCl)CN1CC2. The third-order valence-corrected chi connectivity index (χ3v) is 9.16. The van der Waals surface area contributed by atoms with Gasteiger partial charge in [0.05, 0.1) is 5.75 Å². The maximum Gasteiger partial charge on any atom is 0.214 e. The van der Waals surface area contributed by atoms with Gasteiger partial charge in [0, 0.05) is 37.6 Å². The number of halogens is 1. The van der Waals surface area contributed by atoms with Crippen LogP contribution in [-0.4, -0.2) is 54.9 Å². The van der Waals surface area contributed by atoms with E-state index in [1.165, 1.54) is 22.3 Å². The number of piperidine rings is 2. The van der Waals surface area contributed by atoms with Crippen LogP contribution in [0.1, 0.15) is 54.0 Å². The van der Waals surface area contributed by atoms with Gasteiger partial charge in [-0.15, -0.1) is 11.6 Å². The van der Waals surface area contributed by atoms with E-state index in [0.717, 1.165) is 38.8 Å². The second-order valence-corrected chi connectivity index (χ2v) is 11.0. The van der Waals surface area contributed by atoms with Crippen molar-refractivity contribution in [2.45, 2.75) is 58.0 Å². The first-order valence-electron chi connectivity index (χ1n) is 10.3. The lowest BCUT2D eigenvalue weighted by Crippen LogP contribution is -2.57. The van der Waals surface area contributed by atoms with E-state index < -0.39 is 10.0 Å². The number of sulfonamides is 1. The van der Waals surface area contributed by atoms with Crippen LogP contribution >= 0.6 is 11.6 Å². The molecular formula is C21H31ClN2O2S. The second kappa shape index (κ2) is 7.66. The first kappa shape index (κ1) is 19.7. The van der Waals surface area contributed by atoms with Crippen molar-refractivity contribution < 1.29 is 8.42 Å². The Morgan fingerprint density at radius 3 is 2.74 bits per heavy atom. The van der Waals surface area contributed by atoms with Crippen LogP contribution in [0.25, 0.3) is 0 Å². The Bertz CT molecular complexity index is 811. The van der Waals surface area contributed by atoms with Gasteiger partial charge in [-0.3, -0.25) is 4.90 Å². The molecule has 1 aromatic rings. The van der Waals surface area contributed by atoms with Crippen molar-refractivity contribution in [2.75, 3.05) is 31.3 Å². The molecule has 4 rings (SSSR count). The Hall–Kier alpha value is -0.620. The van der Waals surface area contributed by atoms with Crippen LogP contribution in [0.15, 0.2) is 12.1 Å². The summed E-state index contributed by atoms with van der Waals surface area (Å²) >= 11 is 5.77. The number of fused-ring (bicyclic) bond motifs is 4. The number of hydrogen-bond acceptors (Lipinski definition) is 3. The van der Waals surface area contributed by atoms with Crippen LogP contribution in [0.4, 0.5) is 0 Å². The monoisotopic (exact) mass is 410 g/mol. The fourth-order valence-corrected chi connectivity index (χ4v) is 7.51. The largest absolute Gasteiger partial charge is 0.296 e. The molecule has 0 amide bonds. The highest BCUT2D eigenvalue weighted by Gasteiger charge is 2.45. The van der Waals surface area contributed by atoms with Crippen LogP contribution in [0.2, 0.25) is 0 Å². The molecule has 0 saturated carbocycles. The lowest BCUT2D eigenvalue weighted by Gasteiger charge is -2.52. The number of alkyl halides is 1. The number of aryl methyl sites for hydroxylation is 2. The molecule has 3 atom stereocenters. The van der Waals surface area contributed by atoms with E-state index in [9.17, 15) is 8.42 Å². The summed E-state index contributed by atoms with van der Waals surface area (Å²) in [5, 5.41) is 0. The predicted molar refractivity (Wildman–Crippen MR) is 111 cm³/mol. The summed E-state index contributed by atoms with van der Waals surface area (Å²) < 4.78 is 27.8. The Morgan fingerprint density at radius 1 is 1.19 bits per heavy atom. The van der Waals surface area contributed by atoms with Crippen LogP contribution in [0, 0.1) is 19.8 Å². The van der Waals surface area contributed by atoms with Crippen LogP contribution in [0.5, 0.6) is 0 Å². The van der Waals surface area contributed by atoms with Crippen molar-refractivity contribution in [1.82, 2.24) is 9.21 Å². The number of benzene rings is 1. The molecular weight excluding hydrogens is 380 g/mol. The standard InChI is InChI=1S/C21H31ClN2O2S/c1-15-11-17-6-9-23-14-18-5-3-8-24(27(25,26)10-4-7-22)20(18)13-21(23)19(17)12-16(15)2/h11-12,18,20-21H,3-10,13-14H2,1-2H3/t18-,20+,21+/m1/s1. The minimum absolute atomic E-state index is 0.146. The zero-order valence-corrected chi connectivity index (χ0v) is 18.0. The van der Waals surface area contributed by atoms with Gasteiger partial charge in [-0.1, -0.05) is 12.1 Å². The maximum atomic E-state index is 13.0. The molecule has 0 bridgehead atoms. The van der Waals surface area contributed by atoms with Crippen molar-refractivity contribution in [3.05, 3.63) is 34.4 Å². The third-order valence-electron chi connectivity index (χ3n) is 6.92. The topological polar surface area (TPSA) is 40.6 Å². The van der Waals surface area contributed by atoms with Gasteiger partial charge in [-0.25, -0.2) is 8.42 Å². The Balaban J connectivity index is 1.63. The minimum Gasteiger partial charge on any atom is -0.296 e. The van der Waals surface area contributed by atoms with Gasteiger partial charge in [0.1, 0.15) is 0 Å².